The van der Waals surface area contributed by atoms with Crippen LogP contribution in [0.2, 0.25) is 0 Å². The summed E-state index contributed by atoms with van der Waals surface area (Å²) in [5.41, 5.74) is 4.67. The van der Waals surface area contributed by atoms with Crippen molar-refractivity contribution < 1.29 is 0 Å². The van der Waals surface area contributed by atoms with Gasteiger partial charge < -0.3 is 10.2 Å². The Morgan fingerprint density at radius 3 is 2.48 bits per heavy atom. The van der Waals surface area contributed by atoms with Gasteiger partial charge in [-0.05, 0) is 56.7 Å². The van der Waals surface area contributed by atoms with Gasteiger partial charge in [0.05, 0.1) is 29.6 Å². The third-order valence-electron chi connectivity index (χ3n) is 7.56. The number of nitrogens with zero attached hydrogens (tertiary/aromatic N) is 7. The molecule has 3 fully saturated rings. The Morgan fingerprint density at radius 1 is 0.909 bits per heavy atom. The summed E-state index contributed by atoms with van der Waals surface area (Å²) in [7, 11) is 2.15. The average Bonchev–Trinajstić information content (AvgIpc) is 3.23. The topological polar surface area (TPSA) is 100 Å². The van der Waals surface area contributed by atoms with Gasteiger partial charge in [-0.1, -0.05) is 6.07 Å². The molecule has 168 valence electrons. The smallest absolute Gasteiger partial charge is 0.151 e. The Morgan fingerprint density at radius 2 is 1.73 bits per heavy atom. The fourth-order valence-corrected chi connectivity index (χ4v) is 5.54. The van der Waals surface area contributed by atoms with Gasteiger partial charge in [-0.3, -0.25) is 5.10 Å². The highest BCUT2D eigenvalue weighted by Gasteiger charge is 2.35. The lowest BCUT2D eigenvalue weighted by Crippen LogP contribution is -2.47. The summed E-state index contributed by atoms with van der Waals surface area (Å²) in [5.74, 6) is 0.930. The van der Waals surface area contributed by atoms with E-state index in [0.717, 1.165) is 52.1 Å². The largest absolute Gasteiger partial charge is 0.355 e. The molecular formula is C24H27N9. The van der Waals surface area contributed by atoms with E-state index >= 15 is 0 Å². The van der Waals surface area contributed by atoms with Crippen LogP contribution in [0, 0.1) is 0 Å². The van der Waals surface area contributed by atoms with E-state index in [0.29, 0.717) is 24.2 Å². The number of hydrogen-bond acceptors (Lipinski definition) is 7. The number of H-pyrrole nitrogens is 1. The molecule has 2 atom stereocenters. The molecule has 3 aromatic heterocycles. The van der Waals surface area contributed by atoms with Gasteiger partial charge in [0, 0.05) is 41.7 Å². The predicted octanol–water partition coefficient (Wildman–Crippen LogP) is 3.33. The molecule has 7 rings (SSSR count). The van der Waals surface area contributed by atoms with Gasteiger partial charge in [0.1, 0.15) is 5.69 Å². The number of fused-ring (bicyclic) bond motifs is 3. The quantitative estimate of drug-likeness (QED) is 0.490. The maximum absolute atomic E-state index is 4.69. The molecule has 1 aromatic carbocycles. The maximum Gasteiger partial charge on any atom is 0.151 e. The van der Waals surface area contributed by atoms with Crippen LogP contribution in [0.4, 0.5) is 5.82 Å². The summed E-state index contributed by atoms with van der Waals surface area (Å²) in [6.45, 7) is 0. The molecular weight excluding hydrogens is 414 g/mol. The molecule has 9 heteroatoms. The first-order valence-corrected chi connectivity index (χ1v) is 11.9. The zero-order valence-corrected chi connectivity index (χ0v) is 18.6. The average molecular weight is 442 g/mol. The van der Waals surface area contributed by atoms with Gasteiger partial charge in [0.15, 0.2) is 5.82 Å². The number of nitrogens with one attached hydrogen (secondary N) is 2. The van der Waals surface area contributed by atoms with Crippen molar-refractivity contribution in [2.45, 2.75) is 62.7 Å². The van der Waals surface area contributed by atoms with Crippen LogP contribution >= 0.6 is 0 Å². The number of aromatic amines is 1. The first kappa shape index (κ1) is 19.2. The van der Waals surface area contributed by atoms with Crippen LogP contribution in [-0.4, -0.2) is 60.6 Å². The minimum absolute atomic E-state index is 0.463. The summed E-state index contributed by atoms with van der Waals surface area (Å²) in [4.78, 5) is 4.14. The standard InChI is InChI=1S/C24H27N9/c1-32(17-10-14-2-3-15(11-17)27-14)23-9-8-21(28-29-23)19-7-6-18(20-12-25-30-24(19)20)22-13-26-33(31-22)16-4-5-16/h6-9,12-17,27H,2-5,10-11H2,1H3,(H,25,30). The van der Waals surface area contributed by atoms with E-state index in [2.05, 4.69) is 67.0 Å². The number of anilines is 1. The van der Waals surface area contributed by atoms with E-state index < -0.39 is 0 Å². The summed E-state index contributed by atoms with van der Waals surface area (Å²) < 4.78 is 0. The summed E-state index contributed by atoms with van der Waals surface area (Å²) in [5, 5.41) is 30.5. The van der Waals surface area contributed by atoms with Crippen molar-refractivity contribution in [2.75, 3.05) is 11.9 Å². The van der Waals surface area contributed by atoms with Gasteiger partial charge in [0.25, 0.3) is 0 Å². The molecule has 2 aliphatic heterocycles. The van der Waals surface area contributed by atoms with Crippen molar-refractivity contribution >= 4 is 16.7 Å². The lowest BCUT2D eigenvalue weighted by molar-refractivity contribution is 0.353. The van der Waals surface area contributed by atoms with Crippen molar-refractivity contribution in [1.29, 1.82) is 0 Å². The summed E-state index contributed by atoms with van der Waals surface area (Å²) >= 11 is 0. The van der Waals surface area contributed by atoms with E-state index in [9.17, 15) is 0 Å². The predicted molar refractivity (Wildman–Crippen MR) is 126 cm³/mol. The lowest BCUT2D eigenvalue weighted by Gasteiger charge is -2.36. The normalized spacial score (nSPS) is 24.5. The fraction of sp³-hybridized carbons (Fsp3) is 0.458. The molecule has 0 radical (unpaired) electrons. The van der Waals surface area contributed by atoms with Crippen LogP contribution in [0.3, 0.4) is 0 Å². The van der Waals surface area contributed by atoms with Crippen molar-refractivity contribution in [3.8, 4) is 22.5 Å². The first-order chi connectivity index (χ1) is 16.2. The zero-order valence-electron chi connectivity index (χ0n) is 18.6. The Kier molecular flexibility index (Phi) is 4.27. The second-order valence-corrected chi connectivity index (χ2v) is 9.75. The molecule has 4 aromatic rings. The molecule has 9 nitrogen and oxygen atoms in total. The summed E-state index contributed by atoms with van der Waals surface area (Å²) in [6.07, 6.45) is 11.0. The second-order valence-electron chi connectivity index (χ2n) is 9.75. The molecule has 2 saturated heterocycles. The van der Waals surface area contributed by atoms with Gasteiger partial charge in [-0.15, -0.1) is 10.2 Å². The van der Waals surface area contributed by atoms with Gasteiger partial charge >= 0.3 is 0 Å². The molecule has 1 aliphatic carbocycles. The van der Waals surface area contributed by atoms with E-state index in [1.807, 2.05) is 17.2 Å². The first-order valence-electron chi connectivity index (χ1n) is 11.9. The molecule has 5 heterocycles. The lowest BCUT2D eigenvalue weighted by atomic mass is 9.98. The Bertz CT molecular complexity index is 1290. The van der Waals surface area contributed by atoms with Gasteiger partial charge in [-0.2, -0.15) is 20.1 Å². The van der Waals surface area contributed by atoms with E-state index in [1.165, 1.54) is 25.7 Å². The highest BCUT2D eigenvalue weighted by molar-refractivity contribution is 6.01. The van der Waals surface area contributed by atoms with Crippen LogP contribution in [0.15, 0.2) is 36.7 Å². The molecule has 2 bridgehead atoms. The van der Waals surface area contributed by atoms with Crippen LogP contribution in [0.1, 0.15) is 44.6 Å². The molecule has 33 heavy (non-hydrogen) atoms. The van der Waals surface area contributed by atoms with E-state index in [1.54, 1.807) is 0 Å². The highest BCUT2D eigenvalue weighted by Crippen LogP contribution is 2.36. The molecule has 0 spiro atoms. The van der Waals surface area contributed by atoms with Crippen molar-refractivity contribution in [3.63, 3.8) is 0 Å². The van der Waals surface area contributed by atoms with E-state index in [4.69, 9.17) is 5.10 Å². The number of hydrogen-bond donors (Lipinski definition) is 2. The van der Waals surface area contributed by atoms with Crippen LogP contribution in [-0.2, 0) is 0 Å². The molecule has 0 amide bonds. The number of piperidine rings is 1. The minimum atomic E-state index is 0.463. The molecule has 2 N–H and O–H groups in total. The van der Waals surface area contributed by atoms with Crippen molar-refractivity contribution in [3.05, 3.63) is 36.7 Å². The van der Waals surface area contributed by atoms with E-state index in [-0.39, 0.29) is 0 Å². The molecule has 3 aliphatic rings. The number of benzene rings is 1. The Balaban J connectivity index is 1.17. The van der Waals surface area contributed by atoms with Crippen molar-refractivity contribution in [1.82, 2.24) is 40.7 Å². The highest BCUT2D eigenvalue weighted by atomic mass is 15.5. The monoisotopic (exact) mass is 441 g/mol. The summed E-state index contributed by atoms with van der Waals surface area (Å²) in [6, 6.07) is 10.6. The van der Waals surface area contributed by atoms with Crippen LogP contribution < -0.4 is 10.2 Å². The number of rotatable bonds is 5. The van der Waals surface area contributed by atoms with Crippen LogP contribution in [0.25, 0.3) is 33.4 Å². The van der Waals surface area contributed by atoms with Gasteiger partial charge in [-0.25, -0.2) is 0 Å². The molecule has 1 saturated carbocycles. The second kappa shape index (κ2) is 7.34. The maximum atomic E-state index is 4.69. The molecule has 2 unspecified atom stereocenters. The third kappa shape index (κ3) is 3.30. The van der Waals surface area contributed by atoms with Gasteiger partial charge in [0.2, 0.25) is 0 Å². The zero-order chi connectivity index (χ0) is 21.9. The van der Waals surface area contributed by atoms with Crippen molar-refractivity contribution in [2.24, 2.45) is 0 Å². The SMILES string of the molecule is CN(c1ccc(-c2ccc(-c3cnn(C4CC4)n3)c3cn[nH]c23)nn1)C1CC2CCC(C1)N2. The van der Waals surface area contributed by atoms with Crippen LogP contribution in [0.5, 0.6) is 0 Å². The Hall–Kier alpha value is -3.33. The third-order valence-corrected chi connectivity index (χ3v) is 7.56. The Labute approximate surface area is 191 Å². The minimum Gasteiger partial charge on any atom is -0.355 e. The fourth-order valence-electron chi connectivity index (χ4n) is 5.54. The number of aromatic nitrogens is 7.